The molecule has 2 fully saturated rings. The Morgan fingerprint density at radius 3 is 2.31 bits per heavy atom. The minimum Gasteiger partial charge on any atom is -0.391 e. The van der Waals surface area contributed by atoms with Crippen molar-refractivity contribution in [3.63, 3.8) is 0 Å². The molecular formula is C33H48N8O7S. The molecule has 0 saturated carbocycles. The number of carbonyl (C=O) groups is 5. The summed E-state index contributed by atoms with van der Waals surface area (Å²) in [6.45, 7) is 9.64. The molecule has 268 valence electrons. The first-order valence-electron chi connectivity index (χ1n) is 16.4. The minimum absolute atomic E-state index is 0.0181. The summed E-state index contributed by atoms with van der Waals surface area (Å²) in [4.78, 5) is 74.2. The monoisotopic (exact) mass is 700 g/mol. The summed E-state index contributed by atoms with van der Waals surface area (Å²) in [7, 11) is 0. The van der Waals surface area contributed by atoms with Gasteiger partial charge in [0.2, 0.25) is 29.5 Å². The highest BCUT2D eigenvalue weighted by Gasteiger charge is 2.44. The van der Waals surface area contributed by atoms with E-state index in [9.17, 15) is 29.1 Å². The number of ether oxygens (including phenoxy) is 1. The first-order chi connectivity index (χ1) is 23.2. The van der Waals surface area contributed by atoms with Crippen LogP contribution in [0.1, 0.15) is 51.4 Å². The fraction of sp³-hybridized carbons (Fsp3) is 0.576. The van der Waals surface area contributed by atoms with Crippen molar-refractivity contribution < 1.29 is 33.8 Å². The van der Waals surface area contributed by atoms with Crippen LogP contribution < -0.4 is 32.3 Å². The molecule has 2 saturated heterocycles. The molecular weight excluding hydrogens is 652 g/mol. The van der Waals surface area contributed by atoms with Crippen LogP contribution in [0.5, 0.6) is 0 Å². The van der Waals surface area contributed by atoms with Gasteiger partial charge in [0.15, 0.2) is 0 Å². The van der Waals surface area contributed by atoms with Gasteiger partial charge < -0.3 is 47.1 Å². The number of thiazole rings is 1. The van der Waals surface area contributed by atoms with Gasteiger partial charge in [-0.1, -0.05) is 45.0 Å². The molecule has 0 bridgehead atoms. The summed E-state index contributed by atoms with van der Waals surface area (Å²) in [6.07, 6.45) is -0.965. The highest BCUT2D eigenvalue weighted by Crippen LogP contribution is 2.30. The lowest BCUT2D eigenvalue weighted by Crippen LogP contribution is -2.58. The molecule has 2 aliphatic heterocycles. The van der Waals surface area contributed by atoms with Crippen LogP contribution >= 0.6 is 11.3 Å². The normalized spacial score (nSPS) is 27.3. The molecule has 0 unspecified atom stereocenters. The Kier molecular flexibility index (Phi) is 12.8. The molecule has 0 aliphatic carbocycles. The number of aryl methyl sites for hydroxylation is 1. The highest BCUT2D eigenvalue weighted by molar-refractivity contribution is 7.13. The van der Waals surface area contributed by atoms with Crippen molar-refractivity contribution >= 4 is 40.9 Å². The molecule has 2 aromatic rings. The summed E-state index contributed by atoms with van der Waals surface area (Å²) < 4.78 is 5.63. The number of hydrogen-bond donors (Lipinski definition) is 7. The number of carbonyl (C=O) groups excluding carboxylic acids is 5. The summed E-state index contributed by atoms with van der Waals surface area (Å²) >= 11 is 1.47. The van der Waals surface area contributed by atoms with Gasteiger partial charge in [-0.25, -0.2) is 4.98 Å². The van der Waals surface area contributed by atoms with E-state index in [1.807, 2.05) is 39.8 Å². The first kappa shape index (κ1) is 37.9. The van der Waals surface area contributed by atoms with Crippen molar-refractivity contribution in [1.82, 2.24) is 36.5 Å². The Morgan fingerprint density at radius 1 is 0.980 bits per heavy atom. The summed E-state index contributed by atoms with van der Waals surface area (Å²) in [5, 5.41) is 24.5. The van der Waals surface area contributed by atoms with Gasteiger partial charge in [0.05, 0.1) is 41.4 Å². The van der Waals surface area contributed by atoms with E-state index in [-0.39, 0.29) is 45.2 Å². The van der Waals surface area contributed by atoms with Crippen molar-refractivity contribution in [2.24, 2.45) is 11.1 Å². The lowest BCUT2D eigenvalue weighted by atomic mass is 9.85. The molecule has 6 atom stereocenters. The van der Waals surface area contributed by atoms with Gasteiger partial charge in [0.25, 0.3) is 0 Å². The van der Waals surface area contributed by atoms with Gasteiger partial charge in [0.1, 0.15) is 24.2 Å². The third-order valence-electron chi connectivity index (χ3n) is 8.54. The number of rotatable bonds is 3. The van der Waals surface area contributed by atoms with E-state index >= 15 is 0 Å². The maximum Gasteiger partial charge on any atom is 0.247 e. The van der Waals surface area contributed by atoms with E-state index in [1.165, 1.54) is 23.2 Å². The second-order valence-corrected chi connectivity index (χ2v) is 14.3. The summed E-state index contributed by atoms with van der Waals surface area (Å²) in [5.41, 5.74) is 9.10. The number of nitrogens with two attached hydrogens (primary N) is 1. The standard InChI is InChI=1S/C33H48N8O7S/c1-18-26(49-17-37-18)21-8-6-20(7-9-21)25-31(46)38-19(2)28(43)39-23(15-34)29(44)36-11-13-48-12-10-35-27(33(3,4)5)32(47)41-16-22(42)14-24(41)30(45)40-25/h6-9,17,19,22-25,27,35,42H,10-16,34H2,1-5H3,(H,36,44)(H,38,46)(H,39,43)(H,40,45)/t19-,22+,23+,24-,25-,27+/m0/s1. The highest BCUT2D eigenvalue weighted by atomic mass is 32.1. The minimum atomic E-state index is -1.27. The van der Waals surface area contributed by atoms with Crippen molar-refractivity contribution in [3.05, 3.63) is 41.0 Å². The number of aliphatic hydroxyl groups is 1. The Labute approximate surface area is 290 Å². The van der Waals surface area contributed by atoms with Gasteiger partial charge in [-0.2, -0.15) is 0 Å². The first-order valence-corrected chi connectivity index (χ1v) is 17.3. The van der Waals surface area contributed by atoms with Crippen LogP contribution in [0.2, 0.25) is 0 Å². The average Bonchev–Trinajstić information content (AvgIpc) is 3.67. The number of nitrogens with zero attached hydrogens (tertiary/aromatic N) is 2. The van der Waals surface area contributed by atoms with Crippen LogP contribution in [0.3, 0.4) is 0 Å². The Morgan fingerprint density at radius 2 is 1.67 bits per heavy atom. The fourth-order valence-corrected chi connectivity index (χ4v) is 6.63. The van der Waals surface area contributed by atoms with E-state index in [2.05, 4.69) is 31.6 Å². The van der Waals surface area contributed by atoms with Crippen LogP contribution in [0.25, 0.3) is 10.4 Å². The molecule has 1 aromatic carbocycles. The third kappa shape index (κ3) is 9.60. The second-order valence-electron chi connectivity index (χ2n) is 13.4. The van der Waals surface area contributed by atoms with Crippen molar-refractivity contribution in [2.45, 2.75) is 77.4 Å². The number of nitrogens with one attached hydrogen (secondary N) is 5. The molecule has 3 heterocycles. The quantitative estimate of drug-likeness (QED) is 0.214. The molecule has 5 amide bonds. The second kappa shape index (κ2) is 16.6. The van der Waals surface area contributed by atoms with Crippen LogP contribution in [0, 0.1) is 12.3 Å². The van der Waals surface area contributed by atoms with E-state index in [0.717, 1.165) is 16.1 Å². The Bertz CT molecular complexity index is 1490. The zero-order valence-corrected chi connectivity index (χ0v) is 29.4. The molecule has 4 rings (SSSR count). The maximum atomic E-state index is 14.0. The maximum absolute atomic E-state index is 14.0. The number of fused-ring (bicyclic) bond motifs is 1. The molecule has 16 heteroatoms. The molecule has 49 heavy (non-hydrogen) atoms. The lowest BCUT2D eigenvalue weighted by molar-refractivity contribution is -0.143. The topological polar surface area (TPSA) is 217 Å². The summed E-state index contributed by atoms with van der Waals surface area (Å²) in [6, 6.07) is 1.80. The van der Waals surface area contributed by atoms with Crippen molar-refractivity contribution in [3.8, 4) is 10.4 Å². The molecule has 1 aromatic heterocycles. The van der Waals surface area contributed by atoms with Gasteiger partial charge in [-0.05, 0) is 30.4 Å². The fourth-order valence-electron chi connectivity index (χ4n) is 5.82. The molecule has 0 radical (unpaired) electrons. The average molecular weight is 701 g/mol. The van der Waals surface area contributed by atoms with Crippen LogP contribution in [-0.2, 0) is 28.7 Å². The number of aliphatic hydroxyl groups excluding tert-OH is 1. The van der Waals surface area contributed by atoms with Crippen LogP contribution in [0.15, 0.2) is 29.8 Å². The van der Waals surface area contributed by atoms with Gasteiger partial charge >= 0.3 is 0 Å². The summed E-state index contributed by atoms with van der Waals surface area (Å²) in [5.74, 6) is -2.86. The molecule has 0 spiro atoms. The number of hydrogen-bond acceptors (Lipinski definition) is 11. The Balaban J connectivity index is 1.67. The van der Waals surface area contributed by atoms with Crippen molar-refractivity contribution in [2.75, 3.05) is 39.4 Å². The number of aromatic nitrogens is 1. The SMILES string of the molecule is Cc1ncsc1-c1ccc([C@@H]2NC(=O)[C@@H]3C[C@@H](O)CN3C(=O)[C@H](C(C)(C)C)NCCOCCNC(=O)[C@@H](CN)NC(=O)[C@H](C)NC2=O)cc1. The predicted molar refractivity (Wildman–Crippen MR) is 183 cm³/mol. The van der Waals surface area contributed by atoms with E-state index in [0.29, 0.717) is 12.1 Å². The van der Waals surface area contributed by atoms with Crippen LogP contribution in [-0.4, -0.2) is 114 Å². The third-order valence-corrected chi connectivity index (χ3v) is 9.52. The van der Waals surface area contributed by atoms with Gasteiger partial charge in [-0.3, -0.25) is 24.0 Å². The number of benzene rings is 1. The molecule has 2 aliphatic rings. The zero-order chi connectivity index (χ0) is 35.9. The lowest BCUT2D eigenvalue weighted by Gasteiger charge is -2.35. The smallest absolute Gasteiger partial charge is 0.247 e. The van der Waals surface area contributed by atoms with Gasteiger partial charge in [-0.15, -0.1) is 11.3 Å². The van der Waals surface area contributed by atoms with E-state index in [1.54, 1.807) is 17.6 Å². The molecule has 8 N–H and O–H groups in total. The van der Waals surface area contributed by atoms with Gasteiger partial charge in [0, 0.05) is 32.6 Å². The van der Waals surface area contributed by atoms with Crippen LogP contribution in [0.4, 0.5) is 0 Å². The largest absolute Gasteiger partial charge is 0.391 e. The zero-order valence-electron chi connectivity index (χ0n) is 28.6. The number of amides is 5. The van der Waals surface area contributed by atoms with E-state index in [4.69, 9.17) is 10.5 Å². The van der Waals surface area contributed by atoms with E-state index < -0.39 is 65.4 Å². The Hall–Kier alpha value is -3.96. The van der Waals surface area contributed by atoms with Crippen molar-refractivity contribution in [1.29, 1.82) is 0 Å². The predicted octanol–water partition coefficient (Wildman–Crippen LogP) is -0.663. The molecule has 15 nitrogen and oxygen atoms in total.